The molecule has 3 heterocycles. The van der Waals surface area contributed by atoms with Crippen LogP contribution in [0.4, 0.5) is 0 Å². The molecule has 3 aromatic heterocycles. The van der Waals surface area contributed by atoms with Crippen molar-refractivity contribution in [2.45, 2.75) is 0 Å². The molecule has 0 aliphatic carbocycles. The van der Waals surface area contributed by atoms with Gasteiger partial charge in [-0.2, -0.15) is 0 Å². The maximum atomic E-state index is 6.42. The van der Waals surface area contributed by atoms with Gasteiger partial charge in [0.05, 0.1) is 4.70 Å². The van der Waals surface area contributed by atoms with Crippen molar-refractivity contribution in [1.82, 2.24) is 19.9 Å². The van der Waals surface area contributed by atoms with Crippen LogP contribution in [0.1, 0.15) is 0 Å². The molecular formula is C44H26N4OS. The predicted octanol–water partition coefficient (Wildman–Crippen LogP) is 11.9. The lowest BCUT2D eigenvalue weighted by Crippen LogP contribution is -2.00. The van der Waals surface area contributed by atoms with Gasteiger partial charge in [0.25, 0.3) is 0 Å². The lowest BCUT2D eigenvalue weighted by atomic mass is 10.0. The third-order valence-corrected chi connectivity index (χ3v) is 10.4. The first-order chi connectivity index (χ1) is 24.7. The third-order valence-electron chi connectivity index (χ3n) is 9.15. The molecule has 0 N–H and O–H groups in total. The van der Waals surface area contributed by atoms with Gasteiger partial charge in [0, 0.05) is 43.1 Å². The summed E-state index contributed by atoms with van der Waals surface area (Å²) in [6, 6.07) is 54.0. The van der Waals surface area contributed by atoms with E-state index < -0.39 is 0 Å². The standard InChI is InChI=1S/C44H26N4OS/c1-4-11-27(12-5-1)31-17-10-18-32(25-31)42-46-41(29-13-6-2-7-14-29)47-43(48-42)33-20-19-28-21-22-34-35-23-24-37-38(40(35)50-39(34)36(28)26-33)49-44(45-37)30-15-8-3-9-16-30/h1-26H. The highest BCUT2D eigenvalue weighted by atomic mass is 32.1. The molecule has 0 spiro atoms. The molecule has 0 saturated heterocycles. The molecule has 6 heteroatoms. The first kappa shape index (κ1) is 28.5. The highest BCUT2D eigenvalue weighted by Gasteiger charge is 2.18. The molecule has 50 heavy (non-hydrogen) atoms. The number of oxazole rings is 1. The Morgan fingerprint density at radius 1 is 0.380 bits per heavy atom. The normalized spacial score (nSPS) is 11.6. The first-order valence-electron chi connectivity index (χ1n) is 16.5. The zero-order valence-electron chi connectivity index (χ0n) is 26.6. The highest BCUT2D eigenvalue weighted by Crippen LogP contribution is 2.43. The van der Waals surface area contributed by atoms with Crippen LogP contribution < -0.4 is 0 Å². The number of benzene rings is 7. The van der Waals surface area contributed by atoms with Crippen LogP contribution in [0.3, 0.4) is 0 Å². The minimum atomic E-state index is 0.629. The second kappa shape index (κ2) is 11.6. The number of hydrogen-bond donors (Lipinski definition) is 0. The Kier molecular flexibility index (Phi) is 6.60. The summed E-state index contributed by atoms with van der Waals surface area (Å²) in [5.41, 5.74) is 7.70. The summed E-state index contributed by atoms with van der Waals surface area (Å²) in [5.74, 6) is 2.53. The van der Waals surface area contributed by atoms with Gasteiger partial charge in [0.2, 0.25) is 5.89 Å². The van der Waals surface area contributed by atoms with Crippen LogP contribution >= 0.6 is 11.3 Å². The van der Waals surface area contributed by atoms with E-state index in [2.05, 4.69) is 91.0 Å². The molecule has 0 atom stereocenters. The predicted molar refractivity (Wildman–Crippen MR) is 205 cm³/mol. The summed E-state index contributed by atoms with van der Waals surface area (Å²) in [4.78, 5) is 20.0. The molecule has 234 valence electrons. The SMILES string of the molecule is c1ccc(-c2cccc(-c3nc(-c4ccccc4)nc(-c4ccc5ccc6c7ccc8nc(-c9ccccc9)oc8c7sc6c5c4)n3)c2)cc1. The van der Waals surface area contributed by atoms with Crippen LogP contribution in [-0.4, -0.2) is 19.9 Å². The molecule has 0 amide bonds. The lowest BCUT2D eigenvalue weighted by Gasteiger charge is -2.10. The number of hydrogen-bond acceptors (Lipinski definition) is 6. The van der Waals surface area contributed by atoms with Crippen LogP contribution in [0.5, 0.6) is 0 Å². The van der Waals surface area contributed by atoms with Crippen LogP contribution in [0.2, 0.25) is 0 Å². The van der Waals surface area contributed by atoms with Crippen molar-refractivity contribution >= 4 is 53.4 Å². The van der Waals surface area contributed by atoms with Crippen molar-refractivity contribution in [2.75, 3.05) is 0 Å². The minimum absolute atomic E-state index is 0.629. The van der Waals surface area contributed by atoms with Crippen molar-refractivity contribution in [1.29, 1.82) is 0 Å². The van der Waals surface area contributed by atoms with E-state index in [1.165, 1.54) is 10.1 Å². The smallest absolute Gasteiger partial charge is 0.227 e. The molecular weight excluding hydrogens is 633 g/mol. The number of fused-ring (bicyclic) bond motifs is 7. The zero-order chi connectivity index (χ0) is 33.0. The number of aromatic nitrogens is 4. The Morgan fingerprint density at radius 3 is 1.68 bits per heavy atom. The van der Waals surface area contributed by atoms with Gasteiger partial charge >= 0.3 is 0 Å². The second-order valence-electron chi connectivity index (χ2n) is 12.3. The van der Waals surface area contributed by atoms with Crippen molar-refractivity contribution in [3.05, 3.63) is 158 Å². The first-order valence-corrected chi connectivity index (χ1v) is 17.3. The van der Waals surface area contributed by atoms with E-state index in [9.17, 15) is 0 Å². The van der Waals surface area contributed by atoms with Crippen molar-refractivity contribution in [2.24, 2.45) is 0 Å². The summed E-state index contributed by atoms with van der Waals surface area (Å²) in [7, 11) is 0. The Labute approximate surface area is 291 Å². The lowest BCUT2D eigenvalue weighted by molar-refractivity contribution is 0.623. The Hall–Kier alpha value is -6.50. The molecule has 0 unspecified atom stereocenters. The van der Waals surface area contributed by atoms with Gasteiger partial charge in [0.1, 0.15) is 5.52 Å². The Balaban J connectivity index is 1.15. The largest absolute Gasteiger partial charge is 0.435 e. The van der Waals surface area contributed by atoms with Crippen LogP contribution in [0.25, 0.3) is 98.8 Å². The van der Waals surface area contributed by atoms with E-state index in [1.54, 1.807) is 11.3 Å². The molecule has 0 aliphatic rings. The van der Waals surface area contributed by atoms with Gasteiger partial charge in [-0.25, -0.2) is 19.9 Å². The maximum absolute atomic E-state index is 6.42. The maximum Gasteiger partial charge on any atom is 0.227 e. The average Bonchev–Trinajstić information content (AvgIpc) is 3.81. The van der Waals surface area contributed by atoms with E-state index in [1.807, 2.05) is 66.7 Å². The van der Waals surface area contributed by atoms with Crippen LogP contribution in [0.15, 0.2) is 162 Å². The summed E-state index contributed by atoms with van der Waals surface area (Å²) < 4.78 is 8.71. The van der Waals surface area contributed by atoms with Gasteiger partial charge in [0.15, 0.2) is 23.1 Å². The average molecular weight is 659 g/mol. The van der Waals surface area contributed by atoms with Crippen molar-refractivity contribution in [3.63, 3.8) is 0 Å². The fourth-order valence-electron chi connectivity index (χ4n) is 6.66. The zero-order valence-corrected chi connectivity index (χ0v) is 27.4. The van der Waals surface area contributed by atoms with E-state index in [0.29, 0.717) is 23.4 Å². The van der Waals surface area contributed by atoms with E-state index in [4.69, 9.17) is 24.4 Å². The van der Waals surface area contributed by atoms with Crippen LogP contribution in [0, 0.1) is 0 Å². The topological polar surface area (TPSA) is 64.7 Å². The van der Waals surface area contributed by atoms with E-state index in [-0.39, 0.29) is 0 Å². The molecule has 0 fully saturated rings. The second-order valence-corrected chi connectivity index (χ2v) is 13.3. The van der Waals surface area contributed by atoms with Gasteiger partial charge in [-0.05, 0) is 46.8 Å². The minimum Gasteiger partial charge on any atom is -0.435 e. The fourth-order valence-corrected chi connectivity index (χ4v) is 7.97. The molecule has 5 nitrogen and oxygen atoms in total. The monoisotopic (exact) mass is 658 g/mol. The Bertz CT molecular complexity index is 2860. The fraction of sp³-hybridized carbons (Fsp3) is 0. The molecule has 10 aromatic rings. The molecule has 10 rings (SSSR count). The van der Waals surface area contributed by atoms with Gasteiger partial charge in [-0.1, -0.05) is 127 Å². The van der Waals surface area contributed by atoms with Gasteiger partial charge in [-0.3, -0.25) is 0 Å². The van der Waals surface area contributed by atoms with E-state index in [0.717, 1.165) is 65.3 Å². The summed E-state index contributed by atoms with van der Waals surface area (Å²) in [5, 5.41) is 4.65. The molecule has 0 aliphatic heterocycles. The van der Waals surface area contributed by atoms with Gasteiger partial charge in [-0.15, -0.1) is 11.3 Å². The van der Waals surface area contributed by atoms with Crippen molar-refractivity contribution < 1.29 is 4.42 Å². The number of thiophene rings is 1. The summed E-state index contributed by atoms with van der Waals surface area (Å²) in [6.07, 6.45) is 0. The van der Waals surface area contributed by atoms with E-state index >= 15 is 0 Å². The highest BCUT2D eigenvalue weighted by molar-refractivity contribution is 7.27. The Morgan fingerprint density at radius 2 is 0.940 bits per heavy atom. The molecule has 0 radical (unpaired) electrons. The summed E-state index contributed by atoms with van der Waals surface area (Å²) in [6.45, 7) is 0. The summed E-state index contributed by atoms with van der Waals surface area (Å²) >= 11 is 1.75. The third kappa shape index (κ3) is 4.85. The molecule has 7 aromatic carbocycles. The molecule has 0 saturated carbocycles. The molecule has 0 bridgehead atoms. The van der Waals surface area contributed by atoms with Gasteiger partial charge < -0.3 is 4.42 Å². The van der Waals surface area contributed by atoms with Crippen LogP contribution in [-0.2, 0) is 0 Å². The number of rotatable bonds is 5. The van der Waals surface area contributed by atoms with Crippen molar-refractivity contribution in [3.8, 4) is 56.7 Å². The number of nitrogens with zero attached hydrogens (tertiary/aromatic N) is 4. The quantitative estimate of drug-likeness (QED) is 0.184.